The summed E-state index contributed by atoms with van der Waals surface area (Å²) in [6, 6.07) is 1.65. The molecule has 2 aromatic rings. The normalized spacial score (nSPS) is 10.4. The van der Waals surface area contributed by atoms with Crippen LogP contribution < -0.4 is 5.32 Å². The van der Waals surface area contributed by atoms with Gasteiger partial charge >= 0.3 is 5.97 Å². The van der Waals surface area contributed by atoms with E-state index in [1.54, 1.807) is 10.6 Å². The Balaban J connectivity index is 1.83. The molecular formula is C12H13N3O4. The van der Waals surface area contributed by atoms with Crippen LogP contribution in [-0.4, -0.2) is 33.1 Å². The van der Waals surface area contributed by atoms with E-state index in [1.165, 1.54) is 18.8 Å². The number of furan rings is 1. The predicted octanol–water partition coefficient (Wildman–Crippen LogP) is 0.913. The Bertz CT molecular complexity index is 600. The summed E-state index contributed by atoms with van der Waals surface area (Å²) in [6.45, 7) is 2.62. The Kier molecular flexibility index (Phi) is 3.65. The molecule has 0 spiro atoms. The molecule has 0 bridgehead atoms. The van der Waals surface area contributed by atoms with Crippen LogP contribution in [0.2, 0.25) is 0 Å². The number of carboxylic acid groups (broad SMARTS) is 1. The van der Waals surface area contributed by atoms with Crippen molar-refractivity contribution in [1.82, 2.24) is 14.9 Å². The number of hydrogen-bond donors (Lipinski definition) is 2. The fourth-order valence-corrected chi connectivity index (χ4v) is 1.53. The van der Waals surface area contributed by atoms with Crippen LogP contribution in [0.1, 0.15) is 26.6 Å². The topological polar surface area (TPSA) is 97.4 Å². The molecule has 2 heterocycles. The monoisotopic (exact) mass is 263 g/mol. The molecule has 0 unspecified atom stereocenters. The van der Waals surface area contributed by atoms with Crippen molar-refractivity contribution in [3.8, 4) is 0 Å². The van der Waals surface area contributed by atoms with Gasteiger partial charge in [-0.1, -0.05) is 0 Å². The average Bonchev–Trinajstić information content (AvgIpc) is 2.98. The van der Waals surface area contributed by atoms with Crippen LogP contribution >= 0.6 is 0 Å². The number of rotatable bonds is 5. The van der Waals surface area contributed by atoms with Gasteiger partial charge in [-0.2, -0.15) is 0 Å². The first-order valence-corrected chi connectivity index (χ1v) is 5.64. The lowest BCUT2D eigenvalue weighted by molar-refractivity contribution is 0.0690. The number of carbonyl (C=O) groups excluding carboxylic acids is 1. The van der Waals surface area contributed by atoms with E-state index in [1.807, 2.05) is 6.92 Å². The molecule has 7 nitrogen and oxygen atoms in total. The number of aromatic nitrogens is 2. The lowest BCUT2D eigenvalue weighted by Gasteiger charge is -2.03. The summed E-state index contributed by atoms with van der Waals surface area (Å²) in [4.78, 5) is 26.0. The van der Waals surface area contributed by atoms with Crippen LogP contribution in [0.3, 0.4) is 0 Å². The first-order chi connectivity index (χ1) is 9.06. The van der Waals surface area contributed by atoms with Gasteiger partial charge in [-0.15, -0.1) is 0 Å². The molecule has 0 aliphatic rings. The second-order valence-electron chi connectivity index (χ2n) is 4.05. The summed E-state index contributed by atoms with van der Waals surface area (Å²) in [7, 11) is 0. The van der Waals surface area contributed by atoms with Gasteiger partial charge in [0.05, 0.1) is 12.6 Å². The van der Waals surface area contributed by atoms with Gasteiger partial charge in [0.15, 0.2) is 11.5 Å². The van der Waals surface area contributed by atoms with E-state index in [0.717, 1.165) is 5.56 Å². The fraction of sp³-hybridized carbons (Fsp3) is 0.250. The molecule has 0 saturated heterocycles. The zero-order chi connectivity index (χ0) is 13.8. The number of carboxylic acids is 1. The molecule has 2 aromatic heterocycles. The summed E-state index contributed by atoms with van der Waals surface area (Å²) >= 11 is 0. The standard InChI is InChI=1S/C12H13N3O4/c1-8-4-10(19-6-8)11(16)13-2-3-15-5-9(12(17)18)14-7-15/h4-7H,2-3H2,1H3,(H,13,16)(H,17,18). The minimum absolute atomic E-state index is 0.0204. The SMILES string of the molecule is Cc1coc(C(=O)NCCn2cnc(C(=O)O)c2)c1. The van der Waals surface area contributed by atoms with Gasteiger partial charge in [0, 0.05) is 19.3 Å². The summed E-state index contributed by atoms with van der Waals surface area (Å²) in [5.41, 5.74) is 0.860. The van der Waals surface area contributed by atoms with Crippen LogP contribution in [0.15, 0.2) is 29.3 Å². The van der Waals surface area contributed by atoms with Gasteiger partial charge in [0.25, 0.3) is 5.91 Å². The highest BCUT2D eigenvalue weighted by molar-refractivity contribution is 5.91. The second-order valence-corrected chi connectivity index (χ2v) is 4.05. The average molecular weight is 263 g/mol. The molecule has 100 valence electrons. The summed E-state index contributed by atoms with van der Waals surface area (Å²) in [5, 5.41) is 11.4. The minimum atomic E-state index is -1.08. The highest BCUT2D eigenvalue weighted by Gasteiger charge is 2.09. The molecule has 0 fully saturated rings. The van der Waals surface area contributed by atoms with E-state index in [-0.39, 0.29) is 17.4 Å². The third-order valence-electron chi connectivity index (χ3n) is 2.46. The van der Waals surface area contributed by atoms with Gasteiger partial charge in [-0.05, 0) is 18.6 Å². The third-order valence-corrected chi connectivity index (χ3v) is 2.46. The van der Waals surface area contributed by atoms with Crippen molar-refractivity contribution in [3.63, 3.8) is 0 Å². The van der Waals surface area contributed by atoms with Crippen LogP contribution in [0.4, 0.5) is 0 Å². The molecule has 1 amide bonds. The van der Waals surface area contributed by atoms with Crippen molar-refractivity contribution >= 4 is 11.9 Å². The van der Waals surface area contributed by atoms with Crippen molar-refractivity contribution in [1.29, 1.82) is 0 Å². The van der Waals surface area contributed by atoms with Gasteiger partial charge in [-0.25, -0.2) is 9.78 Å². The molecule has 0 aliphatic carbocycles. The quantitative estimate of drug-likeness (QED) is 0.835. The Morgan fingerprint density at radius 2 is 2.32 bits per heavy atom. The van der Waals surface area contributed by atoms with E-state index < -0.39 is 5.97 Å². The highest BCUT2D eigenvalue weighted by Crippen LogP contribution is 2.05. The first-order valence-electron chi connectivity index (χ1n) is 5.64. The summed E-state index contributed by atoms with van der Waals surface area (Å²) in [6.07, 6.45) is 4.32. The Labute approximate surface area is 108 Å². The van der Waals surface area contributed by atoms with E-state index in [9.17, 15) is 9.59 Å². The maximum atomic E-state index is 11.6. The Morgan fingerprint density at radius 3 is 2.89 bits per heavy atom. The summed E-state index contributed by atoms with van der Waals surface area (Å²) in [5.74, 6) is -1.12. The van der Waals surface area contributed by atoms with Crippen molar-refractivity contribution in [2.24, 2.45) is 0 Å². The first kappa shape index (κ1) is 12.9. The molecule has 0 saturated carbocycles. The number of imidazole rings is 1. The smallest absolute Gasteiger partial charge is 0.356 e. The van der Waals surface area contributed by atoms with E-state index >= 15 is 0 Å². The van der Waals surface area contributed by atoms with E-state index in [0.29, 0.717) is 13.1 Å². The molecule has 19 heavy (non-hydrogen) atoms. The molecule has 0 aromatic carbocycles. The maximum Gasteiger partial charge on any atom is 0.356 e. The molecule has 2 N–H and O–H groups in total. The molecule has 0 atom stereocenters. The van der Waals surface area contributed by atoms with Crippen molar-refractivity contribution in [2.75, 3.05) is 6.54 Å². The van der Waals surface area contributed by atoms with Crippen molar-refractivity contribution in [2.45, 2.75) is 13.5 Å². The second kappa shape index (κ2) is 5.38. The number of carbonyl (C=O) groups is 2. The van der Waals surface area contributed by atoms with Crippen LogP contribution in [0, 0.1) is 6.92 Å². The highest BCUT2D eigenvalue weighted by atomic mass is 16.4. The van der Waals surface area contributed by atoms with Crippen LogP contribution in [-0.2, 0) is 6.54 Å². The Hall–Kier alpha value is -2.57. The summed E-state index contributed by atoms with van der Waals surface area (Å²) < 4.78 is 6.65. The lowest BCUT2D eigenvalue weighted by atomic mass is 10.3. The van der Waals surface area contributed by atoms with Gasteiger partial charge in [0.1, 0.15) is 0 Å². The predicted molar refractivity (Wildman–Crippen MR) is 65.0 cm³/mol. The van der Waals surface area contributed by atoms with Crippen LogP contribution in [0.25, 0.3) is 0 Å². The fourth-order valence-electron chi connectivity index (χ4n) is 1.53. The van der Waals surface area contributed by atoms with E-state index in [2.05, 4.69) is 10.3 Å². The largest absolute Gasteiger partial charge is 0.476 e. The zero-order valence-electron chi connectivity index (χ0n) is 10.3. The molecule has 2 rings (SSSR count). The maximum absolute atomic E-state index is 11.6. The third kappa shape index (κ3) is 3.21. The molecule has 7 heteroatoms. The van der Waals surface area contributed by atoms with Crippen molar-refractivity contribution < 1.29 is 19.1 Å². The van der Waals surface area contributed by atoms with Crippen LogP contribution in [0.5, 0.6) is 0 Å². The van der Waals surface area contributed by atoms with Gasteiger partial charge < -0.3 is 19.4 Å². The van der Waals surface area contributed by atoms with Crippen molar-refractivity contribution in [3.05, 3.63) is 41.9 Å². The number of nitrogens with zero attached hydrogens (tertiary/aromatic N) is 2. The number of aryl methyl sites for hydroxylation is 1. The van der Waals surface area contributed by atoms with Gasteiger partial charge in [-0.3, -0.25) is 4.79 Å². The molecule has 0 aliphatic heterocycles. The lowest BCUT2D eigenvalue weighted by Crippen LogP contribution is -2.26. The molecule has 0 radical (unpaired) electrons. The van der Waals surface area contributed by atoms with E-state index in [4.69, 9.17) is 9.52 Å². The number of hydrogen-bond acceptors (Lipinski definition) is 4. The number of amides is 1. The number of nitrogens with one attached hydrogen (secondary N) is 1. The number of aromatic carboxylic acids is 1. The zero-order valence-corrected chi connectivity index (χ0v) is 10.3. The Morgan fingerprint density at radius 1 is 1.53 bits per heavy atom. The molecular weight excluding hydrogens is 250 g/mol. The van der Waals surface area contributed by atoms with Gasteiger partial charge in [0.2, 0.25) is 0 Å². The minimum Gasteiger partial charge on any atom is -0.476 e.